The standard InChI is InChI=1S/C27H28O12/c1-36-20-11-14(5-9-18(20)30)3-7-16(28)13-17(29)8-4-15-6-10-19(21(12-15)37-2)38-27-24(33)22(31)23(32)25(39-27)26(34)35/h3-13,22-25,27,29-33H,1-2H3,(H,34,35)/b7-3+,8-4+,17-13-/t22-,23-,24+,25-,27+/m0/s1. The molecule has 1 aliphatic rings. The molecule has 0 radical (unpaired) electrons. The van der Waals surface area contributed by atoms with E-state index in [1.165, 1.54) is 62.8 Å². The number of methoxy groups -OCH3 is 2. The SMILES string of the molecule is COc1cc(/C=C/C(=O)/C=C(O)/C=C/c2ccc(O[C@@H]3O[C@H](C(=O)O)[C@@H](O)[C@H](O)[C@H]3O)c(OC)c2)ccc1O. The number of aliphatic hydroxyl groups excluding tert-OH is 4. The lowest BCUT2D eigenvalue weighted by Gasteiger charge is -2.38. The van der Waals surface area contributed by atoms with Crippen LogP contribution in [0.15, 0.2) is 60.4 Å². The second-order valence-corrected chi connectivity index (χ2v) is 8.33. The summed E-state index contributed by atoms with van der Waals surface area (Å²) in [6, 6.07) is 9.01. The molecule has 1 saturated heterocycles. The van der Waals surface area contributed by atoms with Gasteiger partial charge in [0.05, 0.1) is 14.2 Å². The second kappa shape index (κ2) is 12.9. The Morgan fingerprint density at radius 2 is 1.44 bits per heavy atom. The molecule has 0 amide bonds. The summed E-state index contributed by atoms with van der Waals surface area (Å²) in [5.74, 6) is -1.98. The lowest BCUT2D eigenvalue weighted by molar-refractivity contribution is -0.271. The average Bonchev–Trinajstić information content (AvgIpc) is 2.91. The Bertz CT molecular complexity index is 1280. The molecule has 208 valence electrons. The summed E-state index contributed by atoms with van der Waals surface area (Å²) in [5.41, 5.74) is 1.12. The molecule has 0 unspecified atom stereocenters. The predicted octanol–water partition coefficient (Wildman–Crippen LogP) is 1.42. The van der Waals surface area contributed by atoms with Crippen molar-refractivity contribution in [2.45, 2.75) is 30.7 Å². The van der Waals surface area contributed by atoms with Gasteiger partial charge >= 0.3 is 5.97 Å². The normalized spacial score (nSPS) is 23.6. The van der Waals surface area contributed by atoms with Gasteiger partial charge in [-0.2, -0.15) is 0 Å². The molecule has 6 N–H and O–H groups in total. The number of carboxylic acid groups (broad SMARTS) is 1. The highest BCUT2D eigenvalue weighted by Gasteiger charge is 2.48. The van der Waals surface area contributed by atoms with Gasteiger partial charge in [-0.3, -0.25) is 4.79 Å². The predicted molar refractivity (Wildman–Crippen MR) is 136 cm³/mol. The molecule has 5 atom stereocenters. The summed E-state index contributed by atoms with van der Waals surface area (Å²) in [7, 11) is 2.73. The van der Waals surface area contributed by atoms with E-state index < -0.39 is 42.5 Å². The molecule has 1 fully saturated rings. The number of allylic oxidation sites excluding steroid dienone is 3. The molecular formula is C27H28O12. The Morgan fingerprint density at radius 1 is 0.821 bits per heavy atom. The second-order valence-electron chi connectivity index (χ2n) is 8.33. The van der Waals surface area contributed by atoms with E-state index >= 15 is 0 Å². The first-order chi connectivity index (χ1) is 18.5. The van der Waals surface area contributed by atoms with Crippen LogP contribution in [0.3, 0.4) is 0 Å². The molecule has 39 heavy (non-hydrogen) atoms. The van der Waals surface area contributed by atoms with Gasteiger partial charge in [0, 0.05) is 6.08 Å². The van der Waals surface area contributed by atoms with Crippen LogP contribution in [-0.4, -0.2) is 87.3 Å². The first-order valence-corrected chi connectivity index (χ1v) is 11.5. The zero-order valence-corrected chi connectivity index (χ0v) is 20.9. The van der Waals surface area contributed by atoms with Crippen LogP contribution in [0.5, 0.6) is 23.0 Å². The fourth-order valence-electron chi connectivity index (χ4n) is 3.56. The van der Waals surface area contributed by atoms with Crippen molar-refractivity contribution in [3.8, 4) is 23.0 Å². The summed E-state index contributed by atoms with van der Waals surface area (Å²) in [6.45, 7) is 0. The van der Waals surface area contributed by atoms with Crippen molar-refractivity contribution >= 4 is 23.9 Å². The molecule has 12 heteroatoms. The number of aromatic hydroxyl groups is 1. The third kappa shape index (κ3) is 7.36. The molecule has 3 rings (SSSR count). The minimum absolute atomic E-state index is 0.0368. The minimum Gasteiger partial charge on any atom is -0.508 e. The van der Waals surface area contributed by atoms with E-state index in [9.17, 15) is 40.2 Å². The molecular weight excluding hydrogens is 516 g/mol. The number of carbonyl (C=O) groups excluding carboxylic acids is 1. The lowest BCUT2D eigenvalue weighted by Crippen LogP contribution is -2.61. The first kappa shape index (κ1) is 29.2. The topological polar surface area (TPSA) is 192 Å². The van der Waals surface area contributed by atoms with E-state index in [-0.39, 0.29) is 28.8 Å². The number of ether oxygens (including phenoxy) is 4. The van der Waals surface area contributed by atoms with Crippen molar-refractivity contribution in [2.75, 3.05) is 14.2 Å². The lowest BCUT2D eigenvalue weighted by atomic mass is 9.99. The van der Waals surface area contributed by atoms with Gasteiger partial charge in [0.25, 0.3) is 0 Å². The quantitative estimate of drug-likeness (QED) is 0.143. The van der Waals surface area contributed by atoms with E-state index in [0.29, 0.717) is 11.1 Å². The smallest absolute Gasteiger partial charge is 0.335 e. The molecule has 0 saturated carbocycles. The number of rotatable bonds is 10. The van der Waals surface area contributed by atoms with Gasteiger partial charge in [0.1, 0.15) is 24.1 Å². The van der Waals surface area contributed by atoms with Gasteiger partial charge in [0.2, 0.25) is 6.29 Å². The molecule has 12 nitrogen and oxygen atoms in total. The largest absolute Gasteiger partial charge is 0.508 e. The van der Waals surface area contributed by atoms with Crippen molar-refractivity contribution < 1.29 is 59.2 Å². The number of hydrogen-bond donors (Lipinski definition) is 6. The highest BCUT2D eigenvalue weighted by atomic mass is 16.7. The zero-order chi connectivity index (χ0) is 28.7. The maximum atomic E-state index is 12.2. The molecule has 0 aromatic heterocycles. The summed E-state index contributed by atoms with van der Waals surface area (Å²) in [6.07, 6.45) is -2.39. The molecule has 0 spiro atoms. The summed E-state index contributed by atoms with van der Waals surface area (Å²) in [5, 5.41) is 58.8. The Labute approximate surface area is 222 Å². The molecule has 2 aromatic carbocycles. The number of carbonyl (C=O) groups is 2. The number of phenols is 1. The average molecular weight is 545 g/mol. The zero-order valence-electron chi connectivity index (χ0n) is 20.9. The van der Waals surface area contributed by atoms with Gasteiger partial charge in [-0.25, -0.2) is 4.79 Å². The van der Waals surface area contributed by atoms with Crippen LogP contribution in [0.25, 0.3) is 12.2 Å². The fraction of sp³-hybridized carbons (Fsp3) is 0.259. The molecule has 0 bridgehead atoms. The number of ketones is 1. The van der Waals surface area contributed by atoms with E-state index in [2.05, 4.69) is 0 Å². The van der Waals surface area contributed by atoms with Crippen molar-refractivity contribution in [1.29, 1.82) is 0 Å². The van der Waals surface area contributed by atoms with Gasteiger partial charge in [-0.05, 0) is 47.5 Å². The molecule has 1 heterocycles. The number of aliphatic carboxylic acids is 1. The van der Waals surface area contributed by atoms with E-state index in [1.54, 1.807) is 12.1 Å². The maximum absolute atomic E-state index is 12.2. The highest BCUT2D eigenvalue weighted by molar-refractivity contribution is 6.02. The van der Waals surface area contributed by atoms with Gasteiger partial charge < -0.3 is 49.6 Å². The maximum Gasteiger partial charge on any atom is 0.335 e. The monoisotopic (exact) mass is 544 g/mol. The number of hydrogen-bond acceptors (Lipinski definition) is 11. The summed E-state index contributed by atoms with van der Waals surface area (Å²) < 4.78 is 20.9. The van der Waals surface area contributed by atoms with Crippen molar-refractivity contribution in [3.05, 3.63) is 71.5 Å². The first-order valence-electron chi connectivity index (χ1n) is 11.5. The fourth-order valence-corrected chi connectivity index (χ4v) is 3.56. The van der Waals surface area contributed by atoms with Crippen molar-refractivity contribution in [2.24, 2.45) is 0 Å². The van der Waals surface area contributed by atoms with Crippen molar-refractivity contribution in [1.82, 2.24) is 0 Å². The number of carboxylic acids is 1. The van der Waals surface area contributed by atoms with Crippen LogP contribution in [0.2, 0.25) is 0 Å². The van der Waals surface area contributed by atoms with Crippen molar-refractivity contribution in [3.63, 3.8) is 0 Å². The van der Waals surface area contributed by atoms with Gasteiger partial charge in [0.15, 0.2) is 34.9 Å². The van der Waals surface area contributed by atoms with Gasteiger partial charge in [-0.1, -0.05) is 24.3 Å². The summed E-state index contributed by atoms with van der Waals surface area (Å²) in [4.78, 5) is 23.4. The minimum atomic E-state index is -1.86. The third-order valence-electron chi connectivity index (χ3n) is 5.62. The Morgan fingerprint density at radius 3 is 2.08 bits per heavy atom. The Hall–Kier alpha value is -4.36. The van der Waals surface area contributed by atoms with Crippen LogP contribution in [0.1, 0.15) is 11.1 Å². The molecule has 0 aliphatic carbocycles. The number of phenolic OH excluding ortho intramolecular Hbond substituents is 1. The number of aliphatic hydroxyl groups is 4. The Kier molecular flexibility index (Phi) is 9.68. The van der Waals surface area contributed by atoms with Crippen LogP contribution in [-0.2, 0) is 14.3 Å². The highest BCUT2D eigenvalue weighted by Crippen LogP contribution is 2.32. The van der Waals surface area contributed by atoms with Crippen LogP contribution < -0.4 is 14.2 Å². The summed E-state index contributed by atoms with van der Waals surface area (Å²) >= 11 is 0. The van der Waals surface area contributed by atoms with E-state index in [0.717, 1.165) is 6.08 Å². The van der Waals surface area contributed by atoms with Crippen LogP contribution in [0.4, 0.5) is 0 Å². The molecule has 2 aromatic rings. The Balaban J connectivity index is 1.68. The van der Waals surface area contributed by atoms with E-state index in [4.69, 9.17) is 18.9 Å². The van der Waals surface area contributed by atoms with Gasteiger partial charge in [-0.15, -0.1) is 0 Å². The third-order valence-corrected chi connectivity index (χ3v) is 5.62. The van der Waals surface area contributed by atoms with E-state index in [1.807, 2.05) is 0 Å². The van der Waals surface area contributed by atoms with Crippen LogP contribution >= 0.6 is 0 Å². The molecule has 1 aliphatic heterocycles. The van der Waals surface area contributed by atoms with Crippen LogP contribution in [0, 0.1) is 0 Å². The number of benzene rings is 2.